The topological polar surface area (TPSA) is 330 Å². The maximum absolute atomic E-state index is 14.1. The lowest BCUT2D eigenvalue weighted by molar-refractivity contribution is -0.143. The van der Waals surface area contributed by atoms with Gasteiger partial charge in [0.05, 0.1) is 24.6 Å². The molecule has 12 N–H and O–H groups in total. The highest BCUT2D eigenvalue weighted by Crippen LogP contribution is 2.22. The van der Waals surface area contributed by atoms with Crippen LogP contribution in [0.25, 0.3) is 0 Å². The number of nitrogens with zero attached hydrogens (tertiary/aromatic N) is 1. The van der Waals surface area contributed by atoms with Gasteiger partial charge in [0.15, 0.2) is 0 Å². The Kier molecular flexibility index (Phi) is 24.6. The molecule has 364 valence electrons. The number of nitrogens with one attached hydrogen (secondary N) is 7. The maximum atomic E-state index is 14.1. The first-order chi connectivity index (χ1) is 29.8. The van der Waals surface area contributed by atoms with Crippen LogP contribution in [0.5, 0.6) is 0 Å². The lowest BCUT2D eigenvalue weighted by Gasteiger charge is -2.32. The van der Waals surface area contributed by atoms with Crippen LogP contribution < -0.4 is 48.7 Å². The maximum Gasteiger partial charge on any atom is 0.246 e. The van der Waals surface area contributed by atoms with Crippen LogP contribution in [0.3, 0.4) is 0 Å². The summed E-state index contributed by atoms with van der Waals surface area (Å²) in [6.07, 6.45) is 1.64. The molecule has 21 nitrogen and oxygen atoms in total. The van der Waals surface area contributed by atoms with Crippen molar-refractivity contribution in [2.75, 3.05) is 18.6 Å². The molecule has 0 aromatic carbocycles. The Labute approximate surface area is 381 Å². The van der Waals surface area contributed by atoms with E-state index >= 15 is 0 Å². The van der Waals surface area contributed by atoms with Crippen molar-refractivity contribution < 1.29 is 53.1 Å². The number of hydrogen-bond acceptors (Lipinski definition) is 13. The van der Waals surface area contributed by atoms with Crippen LogP contribution in [0.15, 0.2) is 0 Å². The third kappa shape index (κ3) is 18.3. The summed E-state index contributed by atoms with van der Waals surface area (Å²) in [5.41, 5.74) is 11.0. The minimum absolute atomic E-state index is 0.0652. The SMILES string of the molecule is CSCC[C@H](NC(=O)[C@@H]1CCCN1C(=O)[C@@H](NC(=O)[C@H](CC(C)C)NC(=O)[C@@H](N)CC(N)=O)C(C)C)C(=O)N[C@H](C(=O)N[C@@H](C)C(=O)N[C@H](C(=O)N[C@H](C=O)C(C)C)[C@@H](C)O)C(C)C. The van der Waals surface area contributed by atoms with E-state index in [1.165, 1.54) is 30.5 Å². The van der Waals surface area contributed by atoms with E-state index in [4.69, 9.17) is 11.5 Å². The van der Waals surface area contributed by atoms with Crippen molar-refractivity contribution >= 4 is 71.2 Å². The molecule has 0 spiro atoms. The first kappa shape index (κ1) is 57.2. The monoisotopic (exact) mass is 927 g/mol. The van der Waals surface area contributed by atoms with Crippen LogP contribution in [0, 0.1) is 23.7 Å². The normalized spacial score (nSPS) is 18.1. The van der Waals surface area contributed by atoms with Crippen LogP contribution in [0.2, 0.25) is 0 Å². The summed E-state index contributed by atoms with van der Waals surface area (Å²) in [5.74, 6) is -7.25. The molecule has 1 rings (SSSR count). The Morgan fingerprint density at radius 3 is 1.73 bits per heavy atom. The molecule has 0 aromatic heterocycles. The third-order valence-corrected chi connectivity index (χ3v) is 11.3. The lowest BCUT2D eigenvalue weighted by Crippen LogP contribution is -2.61. The van der Waals surface area contributed by atoms with E-state index in [1.54, 1.807) is 41.5 Å². The van der Waals surface area contributed by atoms with Gasteiger partial charge in [-0.15, -0.1) is 0 Å². The van der Waals surface area contributed by atoms with Crippen LogP contribution >= 0.6 is 11.8 Å². The van der Waals surface area contributed by atoms with Crippen LogP contribution in [-0.2, 0) is 47.9 Å². The highest BCUT2D eigenvalue weighted by atomic mass is 32.2. The Morgan fingerprint density at radius 1 is 0.688 bits per heavy atom. The van der Waals surface area contributed by atoms with Gasteiger partial charge in [0, 0.05) is 6.54 Å². The molecule has 0 unspecified atom stereocenters. The van der Waals surface area contributed by atoms with Crippen molar-refractivity contribution in [1.29, 1.82) is 0 Å². The van der Waals surface area contributed by atoms with Gasteiger partial charge in [0.25, 0.3) is 0 Å². The largest absolute Gasteiger partial charge is 0.391 e. The number of thioether (sulfide) groups is 1. The van der Waals surface area contributed by atoms with Crippen molar-refractivity contribution in [2.24, 2.45) is 35.1 Å². The fourth-order valence-corrected chi connectivity index (χ4v) is 7.24. The fraction of sp³-hybridized carbons (Fsp3) is 0.762. The second-order valence-electron chi connectivity index (χ2n) is 17.8. The van der Waals surface area contributed by atoms with Gasteiger partial charge in [-0.3, -0.25) is 43.2 Å². The molecule has 1 fully saturated rings. The quantitative estimate of drug-likeness (QED) is 0.0397. The number of amides is 9. The number of carbonyl (C=O) groups excluding carboxylic acids is 10. The van der Waals surface area contributed by atoms with Crippen LogP contribution in [0.4, 0.5) is 0 Å². The molecule has 0 saturated carbocycles. The highest BCUT2D eigenvalue weighted by molar-refractivity contribution is 7.98. The predicted octanol–water partition coefficient (Wildman–Crippen LogP) is -2.06. The van der Waals surface area contributed by atoms with Gasteiger partial charge >= 0.3 is 0 Å². The van der Waals surface area contributed by atoms with E-state index < -0.39 is 132 Å². The molecular weight excluding hydrogens is 853 g/mol. The zero-order valence-electron chi connectivity index (χ0n) is 39.1. The van der Waals surface area contributed by atoms with Gasteiger partial charge < -0.3 is 63.5 Å². The van der Waals surface area contributed by atoms with Crippen LogP contribution in [-0.4, -0.2) is 148 Å². The van der Waals surface area contributed by atoms with Gasteiger partial charge in [0.1, 0.15) is 48.6 Å². The van der Waals surface area contributed by atoms with Gasteiger partial charge in [-0.05, 0) is 75.2 Å². The molecule has 64 heavy (non-hydrogen) atoms. The van der Waals surface area contributed by atoms with Crippen molar-refractivity contribution in [3.63, 3.8) is 0 Å². The molecule has 0 aromatic rings. The highest BCUT2D eigenvalue weighted by Gasteiger charge is 2.41. The molecule has 9 amide bonds. The number of likely N-dealkylation sites (tertiary alicyclic amines) is 1. The number of carbonyl (C=O) groups is 10. The number of nitrogens with two attached hydrogens (primary N) is 2. The van der Waals surface area contributed by atoms with E-state index in [9.17, 15) is 53.1 Å². The zero-order chi connectivity index (χ0) is 49.2. The van der Waals surface area contributed by atoms with Gasteiger partial charge in [0.2, 0.25) is 53.2 Å². The standard InChI is InChI=1S/C42H74N10O11S/c1-20(2)17-28(47-36(57)26(43)18-31(44)55)38(59)50-33(23(7)8)42(63)52-15-12-13-30(52)39(60)46-27(14-16-64-11)37(58)49-32(22(5)6)40(61)45-24(9)35(56)51-34(25(10)54)41(62)48-29(19-53)21(3)4/h19-30,32-34,54H,12-18,43H2,1-11H3,(H2,44,55)(H,45,61)(H,46,60)(H,47,57)(H,48,62)(H,49,58)(H,50,59)(H,51,56)/t24-,25+,26-,27-,28-,29+,30-,32-,33-,34-/m0/s1. The predicted molar refractivity (Wildman–Crippen MR) is 240 cm³/mol. The van der Waals surface area contributed by atoms with Crippen LogP contribution in [0.1, 0.15) is 101 Å². The Hall–Kier alpha value is -4.83. The van der Waals surface area contributed by atoms with Gasteiger partial charge in [-0.2, -0.15) is 11.8 Å². The zero-order valence-corrected chi connectivity index (χ0v) is 40.0. The smallest absolute Gasteiger partial charge is 0.246 e. The molecule has 10 atom stereocenters. The Bertz CT molecular complexity index is 1650. The minimum Gasteiger partial charge on any atom is -0.391 e. The minimum atomic E-state index is -1.45. The van der Waals surface area contributed by atoms with E-state index in [0.717, 1.165) is 0 Å². The number of rotatable bonds is 27. The van der Waals surface area contributed by atoms with Gasteiger partial charge in [-0.1, -0.05) is 55.4 Å². The van der Waals surface area contributed by atoms with Crippen molar-refractivity contribution in [1.82, 2.24) is 42.1 Å². The summed E-state index contributed by atoms with van der Waals surface area (Å²) in [5, 5.41) is 28.4. The Morgan fingerprint density at radius 2 is 1.23 bits per heavy atom. The molecular formula is C42H74N10O11S. The number of aldehydes is 1. The number of aliphatic hydroxyl groups excluding tert-OH is 1. The summed E-state index contributed by atoms with van der Waals surface area (Å²) < 4.78 is 0. The molecule has 1 heterocycles. The molecule has 0 bridgehead atoms. The number of hydrogen-bond donors (Lipinski definition) is 10. The summed E-state index contributed by atoms with van der Waals surface area (Å²) in [4.78, 5) is 132. The van der Waals surface area contributed by atoms with E-state index in [0.29, 0.717) is 18.5 Å². The molecule has 22 heteroatoms. The van der Waals surface area contributed by atoms with Crippen molar-refractivity contribution in [3.8, 4) is 0 Å². The summed E-state index contributed by atoms with van der Waals surface area (Å²) in [6, 6.07) is -10.4. The Balaban J connectivity index is 3.19. The number of aliphatic hydroxyl groups is 1. The molecule has 1 aliphatic heterocycles. The first-order valence-corrected chi connectivity index (χ1v) is 23.3. The van der Waals surface area contributed by atoms with E-state index in [2.05, 4.69) is 37.2 Å². The summed E-state index contributed by atoms with van der Waals surface area (Å²) >= 11 is 1.42. The van der Waals surface area contributed by atoms with E-state index in [-0.39, 0.29) is 37.6 Å². The summed E-state index contributed by atoms with van der Waals surface area (Å²) in [7, 11) is 0. The van der Waals surface area contributed by atoms with Gasteiger partial charge in [-0.25, -0.2) is 0 Å². The average molecular weight is 927 g/mol. The second-order valence-corrected chi connectivity index (χ2v) is 18.8. The average Bonchev–Trinajstić information content (AvgIpc) is 3.70. The summed E-state index contributed by atoms with van der Waals surface area (Å²) in [6.45, 7) is 16.7. The second kappa shape index (κ2) is 27.5. The van der Waals surface area contributed by atoms with Crippen molar-refractivity contribution in [2.45, 2.75) is 162 Å². The van der Waals surface area contributed by atoms with Crippen molar-refractivity contribution in [3.05, 3.63) is 0 Å². The fourth-order valence-electron chi connectivity index (χ4n) is 6.77. The third-order valence-electron chi connectivity index (χ3n) is 10.6. The molecule has 1 saturated heterocycles. The lowest BCUT2D eigenvalue weighted by atomic mass is 9.99. The molecule has 0 aliphatic carbocycles. The molecule has 1 aliphatic rings. The number of primary amides is 1. The van der Waals surface area contributed by atoms with E-state index in [1.807, 2.05) is 20.1 Å². The first-order valence-electron chi connectivity index (χ1n) is 21.9. The molecule has 0 radical (unpaired) electrons.